The van der Waals surface area contributed by atoms with E-state index in [1.807, 2.05) is 36.0 Å². The van der Waals surface area contributed by atoms with Crippen molar-refractivity contribution >= 4 is 22.6 Å². The van der Waals surface area contributed by atoms with E-state index in [0.29, 0.717) is 5.02 Å². The minimum atomic E-state index is 0.567. The minimum absolute atomic E-state index is 0.567. The number of rotatable bonds is 2. The Balaban J connectivity index is 1.70. The van der Waals surface area contributed by atoms with Gasteiger partial charge in [-0.15, -0.1) is 5.10 Å². The molecule has 0 aliphatic heterocycles. The lowest BCUT2D eigenvalue weighted by molar-refractivity contribution is 0.559. The number of aromatic nitrogens is 4. The quantitative estimate of drug-likeness (QED) is 0.677. The fraction of sp³-hybridized carbons (Fsp3) is 0.278. The van der Waals surface area contributed by atoms with Gasteiger partial charge in [-0.3, -0.25) is 4.98 Å². The summed E-state index contributed by atoms with van der Waals surface area (Å²) in [7, 11) is 0. The second-order valence-corrected chi connectivity index (χ2v) is 6.39. The van der Waals surface area contributed by atoms with Crippen molar-refractivity contribution in [3.8, 4) is 11.8 Å². The number of pyridine rings is 1. The van der Waals surface area contributed by atoms with E-state index < -0.39 is 0 Å². The molecule has 1 aliphatic carbocycles. The minimum Gasteiger partial charge on any atom is -0.263 e. The molecule has 2 aromatic heterocycles. The second kappa shape index (κ2) is 5.68. The predicted molar refractivity (Wildman–Crippen MR) is 90.2 cm³/mol. The van der Waals surface area contributed by atoms with Gasteiger partial charge >= 0.3 is 0 Å². The maximum absolute atomic E-state index is 6.47. The summed E-state index contributed by atoms with van der Waals surface area (Å²) in [5.41, 5.74) is 4.42. The van der Waals surface area contributed by atoms with Gasteiger partial charge in [-0.05, 0) is 49.4 Å². The van der Waals surface area contributed by atoms with Crippen molar-refractivity contribution in [2.24, 2.45) is 5.92 Å². The zero-order chi connectivity index (χ0) is 15.8. The molecule has 3 aromatic rings. The third-order valence-electron chi connectivity index (χ3n) is 3.97. The van der Waals surface area contributed by atoms with Crippen LogP contribution in [0.25, 0.3) is 11.0 Å². The Bertz CT molecular complexity index is 945. The molecule has 0 spiro atoms. The van der Waals surface area contributed by atoms with E-state index in [1.165, 1.54) is 12.8 Å². The molecular weight excluding hydrogens is 308 g/mol. The zero-order valence-electron chi connectivity index (χ0n) is 12.8. The van der Waals surface area contributed by atoms with E-state index in [2.05, 4.69) is 27.1 Å². The van der Waals surface area contributed by atoms with Crippen LogP contribution in [0.1, 0.15) is 29.5 Å². The summed E-state index contributed by atoms with van der Waals surface area (Å²) in [6.45, 7) is 2.92. The lowest BCUT2D eigenvalue weighted by Crippen LogP contribution is -2.01. The van der Waals surface area contributed by atoms with Crippen LogP contribution in [0, 0.1) is 24.7 Å². The van der Waals surface area contributed by atoms with E-state index in [1.54, 1.807) is 6.20 Å². The van der Waals surface area contributed by atoms with Gasteiger partial charge in [0.2, 0.25) is 0 Å². The van der Waals surface area contributed by atoms with Crippen LogP contribution >= 0.6 is 11.6 Å². The largest absolute Gasteiger partial charge is 0.263 e. The first-order chi connectivity index (χ1) is 11.2. The van der Waals surface area contributed by atoms with Gasteiger partial charge in [0.1, 0.15) is 5.52 Å². The molecule has 1 saturated carbocycles. The van der Waals surface area contributed by atoms with Crippen LogP contribution in [0.5, 0.6) is 0 Å². The molecule has 1 aliphatic rings. The first kappa shape index (κ1) is 14.2. The van der Waals surface area contributed by atoms with Crippen molar-refractivity contribution in [3.63, 3.8) is 0 Å². The molecule has 1 aromatic carbocycles. The Hall–Kier alpha value is -2.38. The molecule has 0 atom stereocenters. The van der Waals surface area contributed by atoms with Crippen molar-refractivity contribution in [3.05, 3.63) is 52.3 Å². The summed E-state index contributed by atoms with van der Waals surface area (Å²) in [5, 5.41) is 9.03. The lowest BCUT2D eigenvalue weighted by Gasteiger charge is -2.01. The van der Waals surface area contributed by atoms with Gasteiger partial charge in [0.15, 0.2) is 0 Å². The van der Waals surface area contributed by atoms with Crippen LogP contribution in [0.3, 0.4) is 0 Å². The van der Waals surface area contributed by atoms with Gasteiger partial charge in [0, 0.05) is 30.1 Å². The maximum Gasteiger partial charge on any atom is 0.133 e. The first-order valence-electron chi connectivity index (χ1n) is 7.66. The molecule has 0 radical (unpaired) electrons. The Morgan fingerprint density at radius 3 is 2.91 bits per heavy atom. The number of benzene rings is 1. The molecule has 114 valence electrons. The molecule has 1 fully saturated rings. The standard InChI is InChI=1S/C18H15ClN4/c1-12-8-14(10-20-9-12)4-5-15-6-7-16-18(17(15)19)21-22-23(16)11-13-2-3-13/h6-10,13H,2-3,11H2,1H3. The average molecular weight is 323 g/mol. The third kappa shape index (κ3) is 2.93. The summed E-state index contributed by atoms with van der Waals surface area (Å²) >= 11 is 6.47. The SMILES string of the molecule is Cc1cncc(C#Cc2ccc3c(nnn3CC3CC3)c2Cl)c1. The molecule has 4 nitrogen and oxygen atoms in total. The van der Waals surface area contributed by atoms with Gasteiger partial charge in [0.05, 0.1) is 10.5 Å². The normalized spacial score (nSPS) is 13.8. The van der Waals surface area contributed by atoms with Crippen LogP contribution in [0.15, 0.2) is 30.6 Å². The molecule has 0 saturated heterocycles. The number of nitrogens with zero attached hydrogens (tertiary/aromatic N) is 4. The van der Waals surface area contributed by atoms with E-state index in [0.717, 1.165) is 40.2 Å². The molecule has 0 N–H and O–H groups in total. The highest BCUT2D eigenvalue weighted by atomic mass is 35.5. The number of aryl methyl sites for hydroxylation is 1. The topological polar surface area (TPSA) is 43.6 Å². The summed E-state index contributed by atoms with van der Waals surface area (Å²) in [4.78, 5) is 4.14. The van der Waals surface area contributed by atoms with Gasteiger partial charge in [0.25, 0.3) is 0 Å². The first-order valence-corrected chi connectivity index (χ1v) is 8.04. The van der Waals surface area contributed by atoms with Crippen LogP contribution in [0.4, 0.5) is 0 Å². The highest BCUT2D eigenvalue weighted by Crippen LogP contribution is 2.32. The van der Waals surface area contributed by atoms with Crippen LogP contribution in [-0.4, -0.2) is 20.0 Å². The molecule has 2 heterocycles. The van der Waals surface area contributed by atoms with E-state index in [4.69, 9.17) is 11.6 Å². The molecule has 23 heavy (non-hydrogen) atoms. The van der Waals surface area contributed by atoms with E-state index in [-0.39, 0.29) is 0 Å². The van der Waals surface area contributed by atoms with Crippen LogP contribution in [0.2, 0.25) is 5.02 Å². The van der Waals surface area contributed by atoms with Gasteiger partial charge in [-0.1, -0.05) is 28.7 Å². The highest BCUT2D eigenvalue weighted by Gasteiger charge is 2.23. The van der Waals surface area contributed by atoms with Crippen LogP contribution in [-0.2, 0) is 6.54 Å². The number of hydrogen-bond donors (Lipinski definition) is 0. The molecule has 4 rings (SSSR count). The van der Waals surface area contributed by atoms with Crippen molar-refractivity contribution < 1.29 is 0 Å². The van der Waals surface area contributed by atoms with E-state index >= 15 is 0 Å². The van der Waals surface area contributed by atoms with Crippen molar-refractivity contribution in [2.45, 2.75) is 26.3 Å². The van der Waals surface area contributed by atoms with Gasteiger partial charge in [-0.25, -0.2) is 4.68 Å². The maximum atomic E-state index is 6.47. The predicted octanol–water partition coefficient (Wildman–Crippen LogP) is 3.60. The molecule has 5 heteroatoms. The number of hydrogen-bond acceptors (Lipinski definition) is 3. The monoisotopic (exact) mass is 322 g/mol. The summed E-state index contributed by atoms with van der Waals surface area (Å²) < 4.78 is 1.95. The molecule has 0 amide bonds. The lowest BCUT2D eigenvalue weighted by atomic mass is 10.1. The second-order valence-electron chi connectivity index (χ2n) is 6.01. The Labute approximate surface area is 139 Å². The molecule has 0 unspecified atom stereocenters. The molecular formula is C18H15ClN4. The van der Waals surface area contributed by atoms with Gasteiger partial charge in [-0.2, -0.15) is 0 Å². The molecule has 0 bridgehead atoms. The fourth-order valence-electron chi connectivity index (χ4n) is 2.54. The fourth-order valence-corrected chi connectivity index (χ4v) is 2.79. The van der Waals surface area contributed by atoms with Crippen molar-refractivity contribution in [1.29, 1.82) is 0 Å². The van der Waals surface area contributed by atoms with Crippen LogP contribution < -0.4 is 0 Å². The summed E-state index contributed by atoms with van der Waals surface area (Å²) in [5.74, 6) is 6.96. The smallest absolute Gasteiger partial charge is 0.133 e. The van der Waals surface area contributed by atoms with Gasteiger partial charge < -0.3 is 0 Å². The highest BCUT2D eigenvalue weighted by molar-refractivity contribution is 6.36. The Morgan fingerprint density at radius 2 is 2.13 bits per heavy atom. The Kier molecular flexibility index (Phi) is 3.51. The average Bonchev–Trinajstić information content (AvgIpc) is 3.26. The van der Waals surface area contributed by atoms with Crippen molar-refractivity contribution in [1.82, 2.24) is 20.0 Å². The summed E-state index contributed by atoms with van der Waals surface area (Å²) in [6, 6.07) is 5.94. The third-order valence-corrected chi connectivity index (χ3v) is 4.35. The zero-order valence-corrected chi connectivity index (χ0v) is 13.5. The van der Waals surface area contributed by atoms with E-state index in [9.17, 15) is 0 Å². The number of fused-ring (bicyclic) bond motifs is 1. The number of halogens is 1. The summed E-state index contributed by atoms with van der Waals surface area (Å²) in [6.07, 6.45) is 6.12. The van der Waals surface area contributed by atoms with Crippen molar-refractivity contribution in [2.75, 3.05) is 0 Å². The Morgan fingerprint density at radius 1 is 1.26 bits per heavy atom.